The van der Waals surface area contributed by atoms with Gasteiger partial charge in [0.05, 0.1) is 17.4 Å². The molecule has 2 fully saturated rings. The summed E-state index contributed by atoms with van der Waals surface area (Å²) in [5.74, 6) is -0.959. The second kappa shape index (κ2) is 7.81. The molecule has 1 unspecified atom stereocenters. The van der Waals surface area contributed by atoms with Crippen LogP contribution in [0.15, 0.2) is 18.2 Å². The Morgan fingerprint density at radius 2 is 1.92 bits per heavy atom. The highest BCUT2D eigenvalue weighted by Crippen LogP contribution is 2.26. The summed E-state index contributed by atoms with van der Waals surface area (Å²) < 4.78 is 41.3. The lowest BCUT2D eigenvalue weighted by atomic mass is 10.1. The first-order chi connectivity index (χ1) is 12.0. The lowest BCUT2D eigenvalue weighted by Crippen LogP contribution is -2.45. The van der Waals surface area contributed by atoms with Crippen LogP contribution in [0, 0.1) is 17.1 Å². The number of nitriles is 1. The van der Waals surface area contributed by atoms with E-state index in [1.54, 1.807) is 4.31 Å². The van der Waals surface area contributed by atoms with Crippen molar-refractivity contribution in [2.75, 3.05) is 26.2 Å². The summed E-state index contributed by atoms with van der Waals surface area (Å²) in [6.45, 7) is 3.33. The van der Waals surface area contributed by atoms with E-state index in [9.17, 15) is 12.8 Å². The van der Waals surface area contributed by atoms with Crippen LogP contribution in [0.2, 0.25) is 0 Å². The van der Waals surface area contributed by atoms with Crippen molar-refractivity contribution in [2.45, 2.75) is 43.9 Å². The summed E-state index contributed by atoms with van der Waals surface area (Å²) in [7, 11) is -3.60. The summed E-state index contributed by atoms with van der Waals surface area (Å²) in [5, 5.41) is 8.95. The van der Waals surface area contributed by atoms with E-state index in [-0.39, 0.29) is 22.9 Å². The number of likely N-dealkylation sites (tertiary alicyclic amines) is 1. The lowest BCUT2D eigenvalue weighted by molar-refractivity contribution is 0.189. The van der Waals surface area contributed by atoms with Gasteiger partial charge in [-0.05, 0) is 57.0 Å². The van der Waals surface area contributed by atoms with Crippen LogP contribution in [0.4, 0.5) is 4.39 Å². The molecule has 0 spiro atoms. The summed E-state index contributed by atoms with van der Waals surface area (Å²) in [5.41, 5.74) is 0.348. The van der Waals surface area contributed by atoms with Crippen LogP contribution >= 0.6 is 0 Å². The highest BCUT2D eigenvalue weighted by molar-refractivity contribution is 7.88. The van der Waals surface area contributed by atoms with Gasteiger partial charge in [0, 0.05) is 24.7 Å². The molecule has 0 N–H and O–H groups in total. The third-order valence-electron chi connectivity index (χ3n) is 5.11. The van der Waals surface area contributed by atoms with Crippen molar-refractivity contribution in [3.8, 4) is 6.07 Å². The largest absolute Gasteiger partial charge is 0.302 e. The van der Waals surface area contributed by atoms with Crippen LogP contribution in [0.1, 0.15) is 43.2 Å². The molecular formula is C18H24FN3O2S. The Hall–Kier alpha value is -1.49. The van der Waals surface area contributed by atoms with E-state index in [4.69, 9.17) is 5.26 Å². The third kappa shape index (κ3) is 4.38. The van der Waals surface area contributed by atoms with E-state index in [2.05, 4.69) is 4.90 Å². The van der Waals surface area contributed by atoms with E-state index >= 15 is 0 Å². The molecule has 0 aromatic heterocycles. The second-order valence-corrected chi connectivity index (χ2v) is 8.86. The van der Waals surface area contributed by atoms with E-state index in [0.717, 1.165) is 32.5 Å². The molecule has 25 heavy (non-hydrogen) atoms. The van der Waals surface area contributed by atoms with E-state index in [1.807, 2.05) is 6.07 Å². The van der Waals surface area contributed by atoms with Crippen molar-refractivity contribution in [3.05, 3.63) is 35.1 Å². The van der Waals surface area contributed by atoms with Gasteiger partial charge in [0.1, 0.15) is 5.82 Å². The molecule has 0 saturated carbocycles. The average molecular weight is 365 g/mol. The molecule has 2 heterocycles. The maximum atomic E-state index is 14.0. The fourth-order valence-corrected chi connectivity index (χ4v) is 5.65. The summed E-state index contributed by atoms with van der Waals surface area (Å²) in [6.07, 6.45) is 5.30. The topological polar surface area (TPSA) is 64.4 Å². The normalized spacial score (nSPS) is 22.8. The Kier molecular flexibility index (Phi) is 5.72. The summed E-state index contributed by atoms with van der Waals surface area (Å²) >= 11 is 0. The molecule has 1 aromatic rings. The molecule has 0 radical (unpaired) electrons. The number of hydrogen-bond donors (Lipinski definition) is 0. The minimum Gasteiger partial charge on any atom is -0.302 e. The van der Waals surface area contributed by atoms with Gasteiger partial charge < -0.3 is 4.90 Å². The number of sulfonamides is 1. The predicted molar refractivity (Wildman–Crippen MR) is 93.8 cm³/mol. The predicted octanol–water partition coefficient (Wildman–Crippen LogP) is 2.48. The highest BCUT2D eigenvalue weighted by Gasteiger charge is 2.35. The van der Waals surface area contributed by atoms with Crippen molar-refractivity contribution in [1.82, 2.24) is 9.21 Å². The number of piperidine rings is 1. The minimum atomic E-state index is -3.60. The van der Waals surface area contributed by atoms with E-state index in [0.29, 0.717) is 6.54 Å². The highest BCUT2D eigenvalue weighted by atomic mass is 32.2. The molecule has 2 aliphatic rings. The quantitative estimate of drug-likeness (QED) is 0.804. The van der Waals surface area contributed by atoms with Crippen LogP contribution in [0.25, 0.3) is 0 Å². The van der Waals surface area contributed by atoms with Crippen molar-refractivity contribution in [3.63, 3.8) is 0 Å². The summed E-state index contributed by atoms with van der Waals surface area (Å²) in [6, 6.07) is 5.77. The lowest BCUT2D eigenvalue weighted by Gasteiger charge is -2.32. The first-order valence-corrected chi connectivity index (χ1v) is 10.5. The SMILES string of the molecule is N#Cc1ccc(F)c(CS(=O)(=O)N2CCCC2CN2CCCCC2)c1. The standard InChI is InChI=1S/C18H24FN3O2S/c19-18-7-6-15(12-20)11-16(18)14-25(23,24)22-10-4-5-17(22)13-21-8-2-1-3-9-21/h6-7,11,17H,1-5,8-10,13-14H2. The van der Waals surface area contributed by atoms with Gasteiger partial charge in [-0.25, -0.2) is 12.8 Å². The molecule has 136 valence electrons. The van der Waals surface area contributed by atoms with E-state index < -0.39 is 15.8 Å². The van der Waals surface area contributed by atoms with Gasteiger partial charge in [-0.2, -0.15) is 9.57 Å². The number of hydrogen-bond acceptors (Lipinski definition) is 4. The van der Waals surface area contributed by atoms with Crippen LogP contribution in [-0.4, -0.2) is 49.8 Å². The number of nitrogens with zero attached hydrogens (tertiary/aromatic N) is 3. The molecule has 2 aliphatic heterocycles. The van der Waals surface area contributed by atoms with Crippen molar-refractivity contribution in [1.29, 1.82) is 5.26 Å². The van der Waals surface area contributed by atoms with Crippen molar-refractivity contribution in [2.24, 2.45) is 0 Å². The zero-order chi connectivity index (χ0) is 17.9. The summed E-state index contributed by atoms with van der Waals surface area (Å²) in [4.78, 5) is 2.35. The zero-order valence-corrected chi connectivity index (χ0v) is 15.1. The molecular weight excluding hydrogens is 341 g/mol. The van der Waals surface area contributed by atoms with Gasteiger partial charge in [0.15, 0.2) is 0 Å². The van der Waals surface area contributed by atoms with Crippen LogP contribution in [0.3, 0.4) is 0 Å². The number of halogens is 1. The molecule has 0 bridgehead atoms. The minimum absolute atomic E-state index is 0.0229. The fourth-order valence-electron chi connectivity index (χ4n) is 3.83. The molecule has 1 atom stereocenters. The molecule has 7 heteroatoms. The van der Waals surface area contributed by atoms with Crippen LogP contribution < -0.4 is 0 Å². The fraction of sp³-hybridized carbons (Fsp3) is 0.611. The van der Waals surface area contributed by atoms with Crippen molar-refractivity contribution >= 4 is 10.0 Å². The van der Waals surface area contributed by atoms with Gasteiger partial charge in [-0.15, -0.1) is 0 Å². The van der Waals surface area contributed by atoms with Gasteiger partial charge in [-0.3, -0.25) is 0 Å². The number of rotatable bonds is 5. The van der Waals surface area contributed by atoms with Gasteiger partial charge in [-0.1, -0.05) is 6.42 Å². The molecule has 0 aliphatic carbocycles. The molecule has 3 rings (SSSR count). The van der Waals surface area contributed by atoms with Gasteiger partial charge in [0.25, 0.3) is 0 Å². The Bertz CT molecular complexity index is 754. The molecule has 0 amide bonds. The first kappa shape index (κ1) is 18.3. The Morgan fingerprint density at radius 1 is 1.16 bits per heavy atom. The van der Waals surface area contributed by atoms with Gasteiger partial charge in [0.2, 0.25) is 10.0 Å². The van der Waals surface area contributed by atoms with E-state index in [1.165, 1.54) is 37.5 Å². The van der Waals surface area contributed by atoms with Crippen molar-refractivity contribution < 1.29 is 12.8 Å². The van der Waals surface area contributed by atoms with Crippen LogP contribution in [-0.2, 0) is 15.8 Å². The maximum Gasteiger partial charge on any atom is 0.218 e. The maximum absolute atomic E-state index is 14.0. The molecule has 5 nitrogen and oxygen atoms in total. The Labute approximate surface area is 149 Å². The van der Waals surface area contributed by atoms with Gasteiger partial charge >= 0.3 is 0 Å². The number of benzene rings is 1. The zero-order valence-electron chi connectivity index (χ0n) is 14.3. The first-order valence-electron chi connectivity index (χ1n) is 8.90. The second-order valence-electron chi connectivity index (χ2n) is 6.94. The average Bonchev–Trinajstić information content (AvgIpc) is 3.07. The Morgan fingerprint density at radius 3 is 2.64 bits per heavy atom. The Balaban J connectivity index is 1.73. The monoisotopic (exact) mass is 365 g/mol. The molecule has 2 saturated heterocycles. The molecule has 1 aromatic carbocycles. The van der Waals surface area contributed by atoms with Crippen LogP contribution in [0.5, 0.6) is 0 Å². The smallest absolute Gasteiger partial charge is 0.218 e. The third-order valence-corrected chi connectivity index (χ3v) is 6.98.